The van der Waals surface area contributed by atoms with Crippen LogP contribution < -0.4 is 14.2 Å². The monoisotopic (exact) mass is 370 g/mol. The van der Waals surface area contributed by atoms with Crippen molar-refractivity contribution >= 4 is 18.4 Å². The largest absolute Gasteiger partial charge is 0.497 e. The zero-order chi connectivity index (χ0) is 18.5. The van der Waals surface area contributed by atoms with E-state index in [2.05, 4.69) is 15.3 Å². The first-order valence-corrected chi connectivity index (χ1v) is 8.15. The highest BCUT2D eigenvalue weighted by atomic mass is 32.1. The minimum atomic E-state index is 0.381. The first-order chi connectivity index (χ1) is 12.7. The van der Waals surface area contributed by atoms with Gasteiger partial charge in [-0.25, -0.2) is 5.10 Å². The number of H-pyrrole nitrogens is 1. The van der Waals surface area contributed by atoms with Crippen molar-refractivity contribution in [2.75, 3.05) is 21.3 Å². The van der Waals surface area contributed by atoms with Crippen LogP contribution in [0, 0.1) is 4.77 Å². The van der Waals surface area contributed by atoms with E-state index < -0.39 is 0 Å². The van der Waals surface area contributed by atoms with E-state index in [9.17, 15) is 0 Å². The van der Waals surface area contributed by atoms with Crippen LogP contribution in [0.1, 0.15) is 5.56 Å². The topological polar surface area (TPSA) is 73.7 Å². The summed E-state index contributed by atoms with van der Waals surface area (Å²) < 4.78 is 17.8. The van der Waals surface area contributed by atoms with Crippen LogP contribution in [-0.4, -0.2) is 42.4 Å². The lowest BCUT2D eigenvalue weighted by Gasteiger charge is -2.07. The molecule has 0 spiro atoms. The Kier molecular flexibility index (Phi) is 5.33. The maximum atomic E-state index is 5.39. The molecule has 0 atom stereocenters. The number of aromatic amines is 1. The molecule has 0 amide bonds. The van der Waals surface area contributed by atoms with Gasteiger partial charge in [0.2, 0.25) is 4.77 Å². The molecular formula is C18H18N4O3S. The molecule has 134 valence electrons. The van der Waals surface area contributed by atoms with Gasteiger partial charge in [0.1, 0.15) is 17.2 Å². The second-order valence-electron chi connectivity index (χ2n) is 5.25. The standard InChI is InChI=1S/C18H18N4O3S/c1-23-14-6-4-5-12(9-14)17-20-21-18(26)22(17)19-11-13-7-8-15(24-2)10-16(13)25-3/h4-11H,1-3H3,(H,21,26)/b19-11+. The fourth-order valence-corrected chi connectivity index (χ4v) is 2.57. The lowest BCUT2D eigenvalue weighted by atomic mass is 10.2. The Balaban J connectivity index is 2.00. The number of methoxy groups -OCH3 is 3. The minimum absolute atomic E-state index is 0.381. The highest BCUT2D eigenvalue weighted by molar-refractivity contribution is 7.71. The maximum Gasteiger partial charge on any atom is 0.216 e. The van der Waals surface area contributed by atoms with Crippen molar-refractivity contribution in [1.82, 2.24) is 14.9 Å². The van der Waals surface area contributed by atoms with Crippen LogP contribution in [0.2, 0.25) is 0 Å². The Bertz CT molecular complexity index is 994. The van der Waals surface area contributed by atoms with Gasteiger partial charge in [0.15, 0.2) is 5.82 Å². The molecule has 7 nitrogen and oxygen atoms in total. The molecule has 1 N–H and O–H groups in total. The van der Waals surface area contributed by atoms with Crippen LogP contribution in [0.5, 0.6) is 17.2 Å². The van der Waals surface area contributed by atoms with Gasteiger partial charge in [-0.15, -0.1) is 0 Å². The number of benzene rings is 2. The van der Waals surface area contributed by atoms with Crippen LogP contribution in [0.3, 0.4) is 0 Å². The van der Waals surface area contributed by atoms with Gasteiger partial charge >= 0.3 is 0 Å². The summed E-state index contributed by atoms with van der Waals surface area (Å²) in [4.78, 5) is 0. The van der Waals surface area contributed by atoms with E-state index >= 15 is 0 Å². The van der Waals surface area contributed by atoms with Gasteiger partial charge in [-0.2, -0.15) is 14.9 Å². The molecule has 0 saturated heterocycles. The minimum Gasteiger partial charge on any atom is -0.497 e. The van der Waals surface area contributed by atoms with Gasteiger partial charge in [0.05, 0.1) is 27.5 Å². The molecule has 1 aromatic heterocycles. The molecule has 0 saturated carbocycles. The van der Waals surface area contributed by atoms with Crippen molar-refractivity contribution in [3.8, 4) is 28.6 Å². The maximum absolute atomic E-state index is 5.39. The molecule has 3 aromatic rings. The van der Waals surface area contributed by atoms with Gasteiger partial charge in [-0.3, -0.25) is 0 Å². The average molecular weight is 370 g/mol. The van der Waals surface area contributed by atoms with Gasteiger partial charge < -0.3 is 14.2 Å². The fourth-order valence-electron chi connectivity index (χ4n) is 2.39. The Labute approximate surface area is 155 Å². The van der Waals surface area contributed by atoms with Crippen LogP contribution in [-0.2, 0) is 0 Å². The van der Waals surface area contributed by atoms with Crippen LogP contribution >= 0.6 is 12.2 Å². The van der Waals surface area contributed by atoms with E-state index in [1.165, 1.54) is 0 Å². The highest BCUT2D eigenvalue weighted by Gasteiger charge is 2.10. The molecular weight excluding hydrogens is 352 g/mol. The van der Waals surface area contributed by atoms with Crippen molar-refractivity contribution in [1.29, 1.82) is 0 Å². The Morgan fingerprint density at radius 1 is 1.04 bits per heavy atom. The second kappa shape index (κ2) is 7.83. The molecule has 0 unspecified atom stereocenters. The number of nitrogens with zero attached hydrogens (tertiary/aromatic N) is 3. The number of hydrogen-bond donors (Lipinski definition) is 1. The molecule has 0 fully saturated rings. The number of nitrogens with one attached hydrogen (secondary N) is 1. The van der Waals surface area contributed by atoms with E-state index in [0.29, 0.717) is 22.1 Å². The van der Waals surface area contributed by atoms with Gasteiger partial charge in [0, 0.05) is 17.2 Å². The molecule has 0 aliphatic rings. The predicted molar refractivity (Wildman–Crippen MR) is 102 cm³/mol. The third-order valence-corrected chi connectivity index (χ3v) is 4.00. The number of hydrogen-bond acceptors (Lipinski definition) is 6. The van der Waals surface area contributed by atoms with E-state index in [1.807, 2.05) is 36.4 Å². The quantitative estimate of drug-likeness (QED) is 0.531. The van der Waals surface area contributed by atoms with Crippen LogP contribution in [0.4, 0.5) is 0 Å². The molecule has 0 bridgehead atoms. The Morgan fingerprint density at radius 3 is 2.54 bits per heavy atom. The molecule has 3 rings (SSSR count). The summed E-state index contributed by atoms with van der Waals surface area (Å²) in [5.41, 5.74) is 1.61. The third kappa shape index (κ3) is 3.60. The normalized spacial score (nSPS) is 10.9. The van der Waals surface area contributed by atoms with E-state index in [0.717, 1.165) is 16.9 Å². The van der Waals surface area contributed by atoms with Crippen molar-refractivity contribution in [2.45, 2.75) is 0 Å². The van der Waals surface area contributed by atoms with E-state index in [4.69, 9.17) is 26.4 Å². The molecule has 1 heterocycles. The second-order valence-corrected chi connectivity index (χ2v) is 5.64. The van der Waals surface area contributed by atoms with E-state index in [-0.39, 0.29) is 0 Å². The van der Waals surface area contributed by atoms with Crippen LogP contribution in [0.15, 0.2) is 47.6 Å². The summed E-state index contributed by atoms with van der Waals surface area (Å²) in [7, 11) is 4.81. The smallest absolute Gasteiger partial charge is 0.216 e. The Morgan fingerprint density at radius 2 is 1.81 bits per heavy atom. The zero-order valence-corrected chi connectivity index (χ0v) is 15.4. The summed E-state index contributed by atoms with van der Waals surface area (Å²) in [5, 5.41) is 11.5. The van der Waals surface area contributed by atoms with Crippen molar-refractivity contribution < 1.29 is 14.2 Å². The fraction of sp³-hybridized carbons (Fsp3) is 0.167. The van der Waals surface area contributed by atoms with Gasteiger partial charge in [0.25, 0.3) is 0 Å². The number of rotatable bonds is 6. The Hall–Kier alpha value is -3.13. The summed E-state index contributed by atoms with van der Waals surface area (Å²) >= 11 is 5.30. The van der Waals surface area contributed by atoms with E-state index in [1.54, 1.807) is 38.3 Å². The summed E-state index contributed by atoms with van der Waals surface area (Å²) in [5.74, 6) is 2.66. The zero-order valence-electron chi connectivity index (χ0n) is 14.6. The molecule has 8 heteroatoms. The SMILES string of the molecule is COc1cccc(-c2n[nH]c(=S)n2/N=C/c2ccc(OC)cc2OC)c1. The highest BCUT2D eigenvalue weighted by Crippen LogP contribution is 2.24. The summed E-state index contributed by atoms with van der Waals surface area (Å²) in [6.07, 6.45) is 1.66. The van der Waals surface area contributed by atoms with Gasteiger partial charge in [-0.05, 0) is 36.5 Å². The van der Waals surface area contributed by atoms with Crippen molar-refractivity contribution in [3.05, 3.63) is 52.8 Å². The molecule has 0 aliphatic carbocycles. The summed E-state index contributed by atoms with van der Waals surface area (Å²) in [6, 6.07) is 13.0. The number of ether oxygens (including phenoxy) is 3. The van der Waals surface area contributed by atoms with Gasteiger partial charge in [-0.1, -0.05) is 12.1 Å². The summed E-state index contributed by atoms with van der Waals surface area (Å²) in [6.45, 7) is 0. The molecule has 0 aliphatic heterocycles. The molecule has 2 aromatic carbocycles. The first kappa shape index (κ1) is 17.7. The van der Waals surface area contributed by atoms with Crippen molar-refractivity contribution in [3.63, 3.8) is 0 Å². The predicted octanol–water partition coefficient (Wildman–Crippen LogP) is 3.52. The number of aromatic nitrogens is 3. The average Bonchev–Trinajstić information content (AvgIpc) is 3.06. The van der Waals surface area contributed by atoms with Crippen molar-refractivity contribution in [2.24, 2.45) is 5.10 Å². The lowest BCUT2D eigenvalue weighted by molar-refractivity contribution is 0.394. The first-order valence-electron chi connectivity index (χ1n) is 7.74. The van der Waals surface area contributed by atoms with Crippen LogP contribution in [0.25, 0.3) is 11.4 Å². The lowest BCUT2D eigenvalue weighted by Crippen LogP contribution is -1.97. The third-order valence-electron chi connectivity index (χ3n) is 3.73. The molecule has 0 radical (unpaired) electrons. The molecule has 26 heavy (non-hydrogen) atoms.